The molecule has 0 bridgehead atoms. The number of nitrogens with one attached hydrogen (secondary N) is 2. The van der Waals surface area contributed by atoms with E-state index in [1.807, 2.05) is 25.1 Å². The molecule has 1 aliphatic carbocycles. The molecule has 2 aromatic rings. The van der Waals surface area contributed by atoms with Crippen LogP contribution in [0.15, 0.2) is 18.2 Å². The van der Waals surface area contributed by atoms with E-state index in [0.29, 0.717) is 24.6 Å². The highest BCUT2D eigenvalue weighted by Gasteiger charge is 2.30. The Bertz CT molecular complexity index is 732. The van der Waals surface area contributed by atoms with Gasteiger partial charge in [-0.3, -0.25) is 4.79 Å². The number of amides is 1. The molecule has 2 N–H and O–H groups in total. The Kier molecular flexibility index (Phi) is 5.00. The third-order valence-electron chi connectivity index (χ3n) is 4.34. The minimum Gasteiger partial charge on any atom is -0.377 e. The summed E-state index contributed by atoms with van der Waals surface area (Å²) >= 11 is 0. The molecule has 1 saturated carbocycles. The van der Waals surface area contributed by atoms with Gasteiger partial charge in [0.2, 0.25) is 0 Å². The molecule has 24 heavy (non-hydrogen) atoms. The average molecular weight is 327 g/mol. The Morgan fingerprint density at radius 1 is 1.42 bits per heavy atom. The lowest BCUT2D eigenvalue weighted by Crippen LogP contribution is -2.24. The summed E-state index contributed by atoms with van der Waals surface area (Å²) in [5, 5.41) is 2.93. The van der Waals surface area contributed by atoms with Crippen LogP contribution in [0.3, 0.4) is 0 Å². The highest BCUT2D eigenvalue weighted by molar-refractivity contribution is 5.95. The van der Waals surface area contributed by atoms with Gasteiger partial charge in [0.25, 0.3) is 5.91 Å². The van der Waals surface area contributed by atoms with Gasteiger partial charge in [0.15, 0.2) is 0 Å². The molecule has 0 aliphatic heterocycles. The first kappa shape index (κ1) is 16.7. The van der Waals surface area contributed by atoms with Gasteiger partial charge in [-0.25, -0.2) is 4.98 Å². The molecular formula is C19H25N3O2. The van der Waals surface area contributed by atoms with Crippen LogP contribution >= 0.6 is 0 Å². The number of aryl methyl sites for hydroxylation is 1. The number of ether oxygens (including phenoxy) is 1. The van der Waals surface area contributed by atoms with Crippen molar-refractivity contribution in [2.75, 3.05) is 13.7 Å². The number of carbonyl (C=O) groups excluding carboxylic acids is 1. The predicted molar refractivity (Wildman–Crippen MR) is 94.1 cm³/mol. The number of aromatic amines is 1. The smallest absolute Gasteiger partial charge is 0.251 e. The number of hydrogen-bond acceptors (Lipinski definition) is 3. The van der Waals surface area contributed by atoms with Crippen molar-refractivity contribution in [2.24, 2.45) is 0 Å². The number of methoxy groups -OCH3 is 1. The molecule has 1 aromatic carbocycles. The first-order valence-electron chi connectivity index (χ1n) is 8.61. The molecule has 1 amide bonds. The fourth-order valence-corrected chi connectivity index (χ4v) is 2.87. The Hall–Kier alpha value is -2.14. The van der Waals surface area contributed by atoms with Crippen molar-refractivity contribution in [3.05, 3.63) is 40.8 Å². The van der Waals surface area contributed by atoms with Crippen molar-refractivity contribution in [2.45, 2.75) is 45.6 Å². The third kappa shape index (κ3) is 3.51. The fraction of sp³-hybridized carbons (Fsp3) is 0.474. The van der Waals surface area contributed by atoms with Crippen LogP contribution in [0.2, 0.25) is 0 Å². The van der Waals surface area contributed by atoms with E-state index in [4.69, 9.17) is 9.72 Å². The van der Waals surface area contributed by atoms with Crippen molar-refractivity contribution >= 4 is 5.91 Å². The van der Waals surface area contributed by atoms with E-state index >= 15 is 0 Å². The summed E-state index contributed by atoms with van der Waals surface area (Å²) in [5.74, 6) is 1.36. The summed E-state index contributed by atoms with van der Waals surface area (Å²) in [7, 11) is 1.67. The van der Waals surface area contributed by atoms with Crippen molar-refractivity contribution in [3.8, 4) is 11.3 Å². The maximum atomic E-state index is 12.3. The average Bonchev–Trinajstić information content (AvgIpc) is 3.34. The Morgan fingerprint density at radius 2 is 2.21 bits per heavy atom. The number of aromatic nitrogens is 2. The van der Waals surface area contributed by atoms with E-state index < -0.39 is 0 Å². The number of rotatable bonds is 7. The maximum absolute atomic E-state index is 12.3. The van der Waals surface area contributed by atoms with Crippen LogP contribution in [0.1, 0.15) is 59.5 Å². The highest BCUT2D eigenvalue weighted by Crippen LogP contribution is 2.44. The third-order valence-corrected chi connectivity index (χ3v) is 4.34. The van der Waals surface area contributed by atoms with Crippen molar-refractivity contribution in [3.63, 3.8) is 0 Å². The fourth-order valence-electron chi connectivity index (χ4n) is 2.87. The lowest BCUT2D eigenvalue weighted by molar-refractivity contribution is 0.0953. The SMILES string of the molecule is CCCNC(=O)c1ccc(C)c(-c2nc(COC)[nH]c2C2CC2)c1. The quantitative estimate of drug-likeness (QED) is 0.817. The number of benzene rings is 1. The molecule has 1 fully saturated rings. The van der Waals surface area contributed by atoms with Crippen LogP contribution in [0.4, 0.5) is 0 Å². The minimum atomic E-state index is -0.0290. The van der Waals surface area contributed by atoms with Gasteiger partial charge < -0.3 is 15.0 Å². The van der Waals surface area contributed by atoms with E-state index in [1.165, 1.54) is 18.5 Å². The van der Waals surface area contributed by atoms with Crippen LogP contribution in [0, 0.1) is 6.92 Å². The van der Waals surface area contributed by atoms with Gasteiger partial charge in [0.05, 0.1) is 5.69 Å². The largest absolute Gasteiger partial charge is 0.377 e. The predicted octanol–water partition coefficient (Wildman–Crippen LogP) is 3.55. The summed E-state index contributed by atoms with van der Waals surface area (Å²) < 4.78 is 5.21. The van der Waals surface area contributed by atoms with Crippen LogP contribution in [-0.2, 0) is 11.3 Å². The molecule has 5 nitrogen and oxygen atoms in total. The van der Waals surface area contributed by atoms with E-state index in [-0.39, 0.29) is 5.91 Å². The van der Waals surface area contributed by atoms with Crippen molar-refractivity contribution in [1.82, 2.24) is 15.3 Å². The molecule has 0 unspecified atom stereocenters. The van der Waals surface area contributed by atoms with Gasteiger partial charge in [-0.15, -0.1) is 0 Å². The first-order chi connectivity index (χ1) is 11.6. The number of imidazole rings is 1. The lowest BCUT2D eigenvalue weighted by Gasteiger charge is -2.09. The Balaban J connectivity index is 1.97. The zero-order valence-corrected chi connectivity index (χ0v) is 14.6. The summed E-state index contributed by atoms with van der Waals surface area (Å²) in [5.41, 5.74) is 4.98. The zero-order valence-electron chi connectivity index (χ0n) is 14.6. The molecule has 1 aromatic heterocycles. The van der Waals surface area contributed by atoms with E-state index in [2.05, 4.69) is 17.2 Å². The summed E-state index contributed by atoms with van der Waals surface area (Å²) in [6.07, 6.45) is 3.31. The Labute approximate surface area is 142 Å². The second-order valence-corrected chi connectivity index (χ2v) is 6.44. The molecule has 3 rings (SSSR count). The first-order valence-corrected chi connectivity index (χ1v) is 8.61. The summed E-state index contributed by atoms with van der Waals surface area (Å²) in [6, 6.07) is 5.83. The van der Waals surface area contributed by atoms with Gasteiger partial charge in [-0.1, -0.05) is 13.0 Å². The number of carbonyl (C=O) groups is 1. The summed E-state index contributed by atoms with van der Waals surface area (Å²) in [6.45, 7) is 5.26. The zero-order chi connectivity index (χ0) is 17.1. The van der Waals surface area contributed by atoms with E-state index in [0.717, 1.165) is 29.1 Å². The molecule has 1 aliphatic rings. The van der Waals surface area contributed by atoms with Crippen LogP contribution in [0.25, 0.3) is 11.3 Å². The van der Waals surface area contributed by atoms with E-state index in [9.17, 15) is 4.79 Å². The number of H-pyrrole nitrogens is 1. The standard InChI is InChI=1S/C19H25N3O2/c1-4-9-20-19(23)14-6-5-12(2)15(10-14)18-17(13-7-8-13)21-16(22-18)11-24-3/h5-6,10,13H,4,7-9,11H2,1-3H3,(H,20,23)(H,21,22). The van der Waals surface area contributed by atoms with Crippen LogP contribution < -0.4 is 5.32 Å². The molecule has 0 spiro atoms. The molecule has 0 radical (unpaired) electrons. The van der Waals surface area contributed by atoms with Gasteiger partial charge in [-0.2, -0.15) is 0 Å². The maximum Gasteiger partial charge on any atom is 0.251 e. The van der Waals surface area contributed by atoms with Gasteiger partial charge in [0, 0.05) is 36.4 Å². The van der Waals surface area contributed by atoms with Gasteiger partial charge in [0.1, 0.15) is 12.4 Å². The molecule has 1 heterocycles. The second-order valence-electron chi connectivity index (χ2n) is 6.44. The topological polar surface area (TPSA) is 67.0 Å². The summed E-state index contributed by atoms with van der Waals surface area (Å²) in [4.78, 5) is 20.4. The molecule has 128 valence electrons. The number of nitrogens with zero attached hydrogens (tertiary/aromatic N) is 1. The molecular weight excluding hydrogens is 302 g/mol. The van der Waals surface area contributed by atoms with Gasteiger partial charge in [-0.05, 0) is 43.9 Å². The van der Waals surface area contributed by atoms with Crippen molar-refractivity contribution < 1.29 is 9.53 Å². The number of hydrogen-bond donors (Lipinski definition) is 2. The van der Waals surface area contributed by atoms with E-state index in [1.54, 1.807) is 7.11 Å². The Morgan fingerprint density at radius 3 is 2.88 bits per heavy atom. The molecule has 5 heteroatoms. The minimum absolute atomic E-state index is 0.0290. The monoisotopic (exact) mass is 327 g/mol. The molecule has 0 saturated heterocycles. The lowest BCUT2D eigenvalue weighted by atomic mass is 9.99. The molecule has 0 atom stereocenters. The van der Waals surface area contributed by atoms with Gasteiger partial charge >= 0.3 is 0 Å². The van der Waals surface area contributed by atoms with Crippen LogP contribution in [0.5, 0.6) is 0 Å². The van der Waals surface area contributed by atoms with Crippen molar-refractivity contribution in [1.29, 1.82) is 0 Å². The highest BCUT2D eigenvalue weighted by atomic mass is 16.5. The normalized spacial score (nSPS) is 14.0. The van der Waals surface area contributed by atoms with Crippen LogP contribution in [-0.4, -0.2) is 29.5 Å². The second kappa shape index (κ2) is 7.18.